The SMILES string of the molecule is N=C(N)c1ccc(CNC=C(O)Cc2ccccc2)cc1. The Bertz CT molecular complexity index is 618. The van der Waals surface area contributed by atoms with Gasteiger partial charge in [0.25, 0.3) is 0 Å². The molecule has 0 aromatic heterocycles. The second-order valence-electron chi connectivity index (χ2n) is 4.79. The van der Waals surface area contributed by atoms with Gasteiger partial charge in [0.05, 0.1) is 0 Å². The Balaban J connectivity index is 1.85. The topological polar surface area (TPSA) is 82.1 Å². The molecule has 4 heteroatoms. The largest absolute Gasteiger partial charge is 0.510 e. The summed E-state index contributed by atoms with van der Waals surface area (Å²) in [4.78, 5) is 0. The fourth-order valence-corrected chi connectivity index (χ4v) is 1.94. The highest BCUT2D eigenvalue weighted by Crippen LogP contribution is 2.06. The summed E-state index contributed by atoms with van der Waals surface area (Å²) in [7, 11) is 0. The highest BCUT2D eigenvalue weighted by Gasteiger charge is 1.98. The molecule has 5 N–H and O–H groups in total. The second-order valence-corrected chi connectivity index (χ2v) is 4.79. The van der Waals surface area contributed by atoms with E-state index in [0.29, 0.717) is 24.3 Å². The lowest BCUT2D eigenvalue weighted by molar-refractivity contribution is 0.393. The maximum atomic E-state index is 9.85. The van der Waals surface area contributed by atoms with Crippen molar-refractivity contribution >= 4 is 5.84 Å². The molecule has 0 aliphatic heterocycles. The number of hydrogen-bond donors (Lipinski definition) is 4. The van der Waals surface area contributed by atoms with Crippen LogP contribution in [0.1, 0.15) is 16.7 Å². The molecule has 0 radical (unpaired) electrons. The number of nitrogen functional groups attached to an aromatic ring is 1. The van der Waals surface area contributed by atoms with Crippen molar-refractivity contribution in [1.29, 1.82) is 5.41 Å². The van der Waals surface area contributed by atoms with Gasteiger partial charge in [-0.15, -0.1) is 0 Å². The third-order valence-corrected chi connectivity index (χ3v) is 3.07. The summed E-state index contributed by atoms with van der Waals surface area (Å²) in [5.74, 6) is 0.358. The third kappa shape index (κ3) is 4.69. The Hall–Kier alpha value is -2.75. The van der Waals surface area contributed by atoms with E-state index in [0.717, 1.165) is 11.1 Å². The highest BCUT2D eigenvalue weighted by molar-refractivity contribution is 5.94. The van der Waals surface area contributed by atoms with Gasteiger partial charge in [0.15, 0.2) is 0 Å². The van der Waals surface area contributed by atoms with Crippen molar-refractivity contribution < 1.29 is 5.11 Å². The van der Waals surface area contributed by atoms with Crippen LogP contribution in [0, 0.1) is 5.41 Å². The summed E-state index contributed by atoms with van der Waals surface area (Å²) in [5.41, 5.74) is 8.24. The summed E-state index contributed by atoms with van der Waals surface area (Å²) in [6, 6.07) is 17.2. The zero-order valence-corrected chi connectivity index (χ0v) is 11.7. The maximum absolute atomic E-state index is 9.85. The van der Waals surface area contributed by atoms with Crippen LogP contribution in [0.15, 0.2) is 66.6 Å². The lowest BCUT2D eigenvalue weighted by Gasteiger charge is -2.05. The summed E-state index contributed by atoms with van der Waals surface area (Å²) >= 11 is 0. The molecule has 0 aliphatic carbocycles. The van der Waals surface area contributed by atoms with E-state index in [-0.39, 0.29) is 5.84 Å². The normalized spacial score (nSPS) is 11.1. The van der Waals surface area contributed by atoms with E-state index >= 15 is 0 Å². The average molecular weight is 281 g/mol. The molecule has 0 fully saturated rings. The fraction of sp³-hybridized carbons (Fsp3) is 0.118. The molecule has 2 aromatic rings. The Morgan fingerprint density at radius 1 is 1.05 bits per heavy atom. The van der Waals surface area contributed by atoms with E-state index in [4.69, 9.17) is 11.1 Å². The van der Waals surface area contributed by atoms with Gasteiger partial charge in [0.1, 0.15) is 11.6 Å². The van der Waals surface area contributed by atoms with Crippen LogP contribution >= 0.6 is 0 Å². The first kappa shape index (κ1) is 14.7. The quantitative estimate of drug-likeness (QED) is 0.373. The molecule has 2 rings (SSSR count). The summed E-state index contributed by atoms with van der Waals surface area (Å²) in [6.07, 6.45) is 2.13. The van der Waals surface area contributed by atoms with Crippen LogP contribution in [0.5, 0.6) is 0 Å². The smallest absolute Gasteiger partial charge is 0.122 e. The van der Waals surface area contributed by atoms with E-state index in [1.54, 1.807) is 6.20 Å². The van der Waals surface area contributed by atoms with Gasteiger partial charge < -0.3 is 16.2 Å². The van der Waals surface area contributed by atoms with Gasteiger partial charge in [-0.05, 0) is 11.1 Å². The van der Waals surface area contributed by atoms with Crippen molar-refractivity contribution in [2.24, 2.45) is 5.73 Å². The molecule has 0 heterocycles. The van der Waals surface area contributed by atoms with Crippen LogP contribution in [0.4, 0.5) is 0 Å². The van der Waals surface area contributed by atoms with Gasteiger partial charge in [0, 0.05) is 24.7 Å². The molecule has 0 unspecified atom stereocenters. The predicted molar refractivity (Wildman–Crippen MR) is 85.2 cm³/mol. The molecule has 0 bridgehead atoms. The Labute approximate surface area is 124 Å². The van der Waals surface area contributed by atoms with Crippen LogP contribution < -0.4 is 11.1 Å². The molecule has 0 saturated heterocycles. The number of nitrogens with two attached hydrogens (primary N) is 1. The number of hydrogen-bond acceptors (Lipinski definition) is 3. The number of aliphatic hydroxyl groups is 1. The van der Waals surface area contributed by atoms with Gasteiger partial charge in [-0.2, -0.15) is 0 Å². The molecular weight excluding hydrogens is 262 g/mol. The van der Waals surface area contributed by atoms with E-state index in [1.165, 1.54) is 0 Å². The highest BCUT2D eigenvalue weighted by atomic mass is 16.3. The second kappa shape index (κ2) is 7.14. The molecule has 2 aromatic carbocycles. The van der Waals surface area contributed by atoms with Gasteiger partial charge in [-0.3, -0.25) is 5.41 Å². The van der Waals surface area contributed by atoms with E-state index in [9.17, 15) is 5.11 Å². The lowest BCUT2D eigenvalue weighted by atomic mass is 10.1. The van der Waals surface area contributed by atoms with Gasteiger partial charge in [-0.1, -0.05) is 54.6 Å². The van der Waals surface area contributed by atoms with Crippen LogP contribution in [-0.4, -0.2) is 10.9 Å². The minimum atomic E-state index is 0.0647. The molecule has 0 saturated carbocycles. The Morgan fingerprint density at radius 3 is 2.33 bits per heavy atom. The first-order chi connectivity index (χ1) is 10.1. The molecular formula is C17H19N3O. The van der Waals surface area contributed by atoms with Crippen LogP contribution in [0.3, 0.4) is 0 Å². The molecule has 0 spiro atoms. The summed E-state index contributed by atoms with van der Waals surface area (Å²) in [6.45, 7) is 0.608. The van der Waals surface area contributed by atoms with Crippen molar-refractivity contribution in [3.8, 4) is 0 Å². The zero-order chi connectivity index (χ0) is 15.1. The van der Waals surface area contributed by atoms with Crippen LogP contribution in [0.2, 0.25) is 0 Å². The summed E-state index contributed by atoms with van der Waals surface area (Å²) < 4.78 is 0. The van der Waals surface area contributed by atoms with Crippen molar-refractivity contribution in [3.05, 3.63) is 83.2 Å². The van der Waals surface area contributed by atoms with E-state index < -0.39 is 0 Å². The number of amidine groups is 1. The Morgan fingerprint density at radius 2 is 1.71 bits per heavy atom. The first-order valence-corrected chi connectivity index (χ1v) is 6.74. The van der Waals surface area contributed by atoms with E-state index in [2.05, 4.69) is 5.32 Å². The standard InChI is InChI=1S/C17H19N3O/c18-17(19)15-8-6-14(7-9-15)11-20-12-16(21)10-13-4-2-1-3-5-13/h1-9,12,20-21H,10-11H2,(H3,18,19). The van der Waals surface area contributed by atoms with Gasteiger partial charge in [-0.25, -0.2) is 0 Å². The third-order valence-electron chi connectivity index (χ3n) is 3.07. The first-order valence-electron chi connectivity index (χ1n) is 6.74. The van der Waals surface area contributed by atoms with Gasteiger partial charge in [0.2, 0.25) is 0 Å². The van der Waals surface area contributed by atoms with Crippen molar-refractivity contribution in [2.45, 2.75) is 13.0 Å². The summed E-state index contributed by atoms with van der Waals surface area (Å²) in [5, 5.41) is 20.3. The van der Waals surface area contributed by atoms with Crippen molar-refractivity contribution in [3.63, 3.8) is 0 Å². The monoisotopic (exact) mass is 281 g/mol. The molecule has 0 amide bonds. The minimum Gasteiger partial charge on any atom is -0.510 e. The number of allylic oxidation sites excluding steroid dienone is 1. The zero-order valence-electron chi connectivity index (χ0n) is 11.7. The number of rotatable bonds is 6. The molecule has 0 atom stereocenters. The Kier molecular flexibility index (Phi) is 4.99. The van der Waals surface area contributed by atoms with Crippen molar-refractivity contribution in [2.75, 3.05) is 0 Å². The molecule has 108 valence electrons. The molecule has 21 heavy (non-hydrogen) atoms. The average Bonchev–Trinajstić information content (AvgIpc) is 2.49. The maximum Gasteiger partial charge on any atom is 0.122 e. The van der Waals surface area contributed by atoms with Gasteiger partial charge >= 0.3 is 0 Å². The minimum absolute atomic E-state index is 0.0647. The van der Waals surface area contributed by atoms with Crippen LogP contribution in [-0.2, 0) is 13.0 Å². The molecule has 0 aliphatic rings. The number of benzene rings is 2. The predicted octanol–water partition coefficient (Wildman–Crippen LogP) is 2.70. The number of nitrogens with one attached hydrogen (secondary N) is 2. The fourth-order valence-electron chi connectivity index (χ4n) is 1.94. The van der Waals surface area contributed by atoms with Crippen LogP contribution in [0.25, 0.3) is 0 Å². The van der Waals surface area contributed by atoms with Crippen molar-refractivity contribution in [1.82, 2.24) is 5.32 Å². The lowest BCUT2D eigenvalue weighted by Crippen LogP contribution is -2.11. The molecule has 4 nitrogen and oxygen atoms in total. The number of aliphatic hydroxyl groups excluding tert-OH is 1. The van der Waals surface area contributed by atoms with E-state index in [1.807, 2.05) is 54.6 Å².